The molecule has 1 amide bonds. The van der Waals surface area contributed by atoms with Crippen LogP contribution in [0.25, 0.3) is 0 Å². The zero-order valence-electron chi connectivity index (χ0n) is 16.3. The average molecular weight is 457 g/mol. The van der Waals surface area contributed by atoms with Gasteiger partial charge in [-0.05, 0) is 48.7 Å². The number of carbonyl (C=O) groups excluding carboxylic acids is 1. The molecule has 0 fully saturated rings. The Morgan fingerprint density at radius 2 is 1.74 bits per heavy atom. The molecule has 4 rings (SSSR count). The van der Waals surface area contributed by atoms with Crippen molar-refractivity contribution >= 4 is 34.6 Å². The third-order valence-corrected chi connectivity index (χ3v) is 6.78. The van der Waals surface area contributed by atoms with Crippen molar-refractivity contribution in [2.45, 2.75) is 28.7 Å². The van der Waals surface area contributed by atoms with E-state index < -0.39 is 23.2 Å². The van der Waals surface area contributed by atoms with Crippen molar-refractivity contribution in [3.63, 3.8) is 0 Å². The molecule has 7 nitrogen and oxygen atoms in total. The first-order valence-electron chi connectivity index (χ1n) is 9.53. The second-order valence-corrected chi connectivity index (χ2v) is 8.79. The van der Waals surface area contributed by atoms with Crippen molar-refractivity contribution in [2.24, 2.45) is 0 Å². The van der Waals surface area contributed by atoms with Crippen LogP contribution in [0, 0.1) is 0 Å². The number of nitrogens with zero attached hydrogens (tertiary/aromatic N) is 1. The lowest BCUT2D eigenvalue weighted by molar-refractivity contribution is -0.130. The molecule has 9 heteroatoms. The highest BCUT2D eigenvalue weighted by atomic mass is 32.2. The summed E-state index contributed by atoms with van der Waals surface area (Å²) >= 11 is -1.02. The lowest BCUT2D eigenvalue weighted by Gasteiger charge is -2.29. The molecule has 0 radical (unpaired) electrons. The van der Waals surface area contributed by atoms with Gasteiger partial charge in [-0.15, -0.1) is 0 Å². The fraction of sp³-hybridized carbons (Fsp3) is 0.136. The molecule has 1 aliphatic heterocycles. The smallest absolute Gasteiger partial charge is 0.267 e. The summed E-state index contributed by atoms with van der Waals surface area (Å²) in [6.07, 6.45) is 0.717. The molecule has 0 aliphatic carbocycles. The monoisotopic (exact) mass is 456 g/mol. The van der Waals surface area contributed by atoms with Gasteiger partial charge in [-0.1, -0.05) is 54.2 Å². The molecule has 0 spiro atoms. The highest BCUT2D eigenvalue weighted by Crippen LogP contribution is 2.48. The number of aryl methyl sites for hydroxylation is 1. The molecule has 3 aromatic rings. The van der Waals surface area contributed by atoms with Crippen LogP contribution in [0.4, 0.5) is 5.69 Å². The van der Waals surface area contributed by atoms with E-state index in [-0.39, 0.29) is 6.42 Å². The van der Waals surface area contributed by atoms with Crippen molar-refractivity contribution in [1.82, 2.24) is 5.48 Å². The number of benzene rings is 3. The molecular weight excluding hydrogens is 436 g/mol. The zero-order chi connectivity index (χ0) is 21.8. The summed E-state index contributed by atoms with van der Waals surface area (Å²) in [4.78, 5) is 14.1. The fourth-order valence-electron chi connectivity index (χ4n) is 3.41. The van der Waals surface area contributed by atoms with Crippen molar-refractivity contribution in [1.29, 1.82) is 0 Å². The zero-order valence-corrected chi connectivity index (χ0v) is 17.9. The molecule has 2 unspecified atom stereocenters. The van der Waals surface area contributed by atoms with Gasteiger partial charge in [0.2, 0.25) is 0 Å². The molecule has 160 valence electrons. The Hall–Kier alpha value is -2.85. The maximum Gasteiger partial charge on any atom is 0.267 e. The number of hydrogen-bond donors (Lipinski definition) is 3. The van der Waals surface area contributed by atoms with Gasteiger partial charge >= 0.3 is 0 Å². The Morgan fingerprint density at radius 3 is 2.48 bits per heavy atom. The first kappa shape index (κ1) is 21.4. The van der Waals surface area contributed by atoms with Crippen LogP contribution in [-0.2, 0) is 22.5 Å². The molecule has 31 heavy (non-hydrogen) atoms. The first-order chi connectivity index (χ1) is 15.1. The minimum Gasteiger partial charge on any atom is -0.455 e. The van der Waals surface area contributed by atoms with Crippen molar-refractivity contribution in [3.05, 3.63) is 78.4 Å². The number of rotatable bonds is 7. The van der Waals surface area contributed by atoms with E-state index in [9.17, 15) is 18.8 Å². The summed E-state index contributed by atoms with van der Waals surface area (Å²) in [7, 11) is 0. The predicted molar refractivity (Wildman–Crippen MR) is 119 cm³/mol. The molecule has 3 N–H and O–H groups in total. The van der Waals surface area contributed by atoms with E-state index in [1.54, 1.807) is 23.7 Å². The Labute approximate surface area is 186 Å². The van der Waals surface area contributed by atoms with Gasteiger partial charge in [0.1, 0.15) is 17.5 Å². The van der Waals surface area contributed by atoms with Crippen LogP contribution < -0.4 is 14.5 Å². The molecule has 0 bridgehead atoms. The Bertz CT molecular complexity index is 1110. The first-order valence-corrected chi connectivity index (χ1v) is 11.4. The molecular formula is C22H20N2O5S2. The van der Waals surface area contributed by atoms with Crippen LogP contribution in [0.5, 0.6) is 11.5 Å². The average Bonchev–Trinajstić information content (AvgIpc) is 2.80. The minimum absolute atomic E-state index is 0.228. The van der Waals surface area contributed by atoms with E-state index in [1.807, 2.05) is 54.6 Å². The molecule has 0 saturated carbocycles. The van der Waals surface area contributed by atoms with E-state index in [1.165, 1.54) is 11.8 Å². The van der Waals surface area contributed by atoms with Crippen molar-refractivity contribution in [3.8, 4) is 11.5 Å². The Balaban J connectivity index is 1.63. The number of anilines is 1. The van der Waals surface area contributed by atoms with Gasteiger partial charge in [-0.25, -0.2) is 9.69 Å². The van der Waals surface area contributed by atoms with E-state index in [4.69, 9.17) is 4.74 Å². The molecule has 1 heterocycles. The van der Waals surface area contributed by atoms with Crippen LogP contribution in [0.2, 0.25) is 0 Å². The molecule has 1 aliphatic rings. The second-order valence-electron chi connectivity index (χ2n) is 6.85. The highest BCUT2D eigenvalue weighted by molar-refractivity contribution is 7.99. The SMILES string of the molecule is O=C(NO)C(CCc1ccccc1)N(c1ccc2c(c1)Sc1ccccc1O2)S(=O)O. The molecule has 2 atom stereocenters. The van der Waals surface area contributed by atoms with Gasteiger partial charge in [-0.2, -0.15) is 0 Å². The van der Waals surface area contributed by atoms with Gasteiger partial charge in [-0.3, -0.25) is 18.9 Å². The number of hydrogen-bond acceptors (Lipinski definition) is 5. The normalized spacial score (nSPS) is 13.9. The topological polar surface area (TPSA) is 99.1 Å². The Kier molecular flexibility index (Phi) is 6.57. The number of nitrogens with one attached hydrogen (secondary N) is 1. The van der Waals surface area contributed by atoms with Gasteiger partial charge in [0.05, 0.1) is 15.5 Å². The lowest BCUT2D eigenvalue weighted by Crippen LogP contribution is -2.47. The fourth-order valence-corrected chi connectivity index (χ4v) is 5.11. The number of amides is 1. The number of ether oxygens (including phenoxy) is 1. The number of carbonyl (C=O) groups is 1. The number of hydroxylamine groups is 1. The molecule has 0 saturated heterocycles. The quantitative estimate of drug-likeness (QED) is 0.217. The number of para-hydroxylation sites is 1. The summed E-state index contributed by atoms with van der Waals surface area (Å²) in [5, 5.41) is 9.25. The summed E-state index contributed by atoms with van der Waals surface area (Å²) in [6.45, 7) is 0. The third kappa shape index (κ3) is 4.75. The lowest BCUT2D eigenvalue weighted by atomic mass is 10.0. The third-order valence-electron chi connectivity index (χ3n) is 4.88. The van der Waals surface area contributed by atoms with Crippen molar-refractivity contribution in [2.75, 3.05) is 4.31 Å². The van der Waals surface area contributed by atoms with Gasteiger partial charge in [0, 0.05) is 0 Å². The van der Waals surface area contributed by atoms with E-state index in [0.29, 0.717) is 17.9 Å². The van der Waals surface area contributed by atoms with E-state index in [2.05, 4.69) is 0 Å². The Morgan fingerprint density at radius 1 is 1.03 bits per heavy atom. The molecule has 0 aromatic heterocycles. The van der Waals surface area contributed by atoms with Crippen LogP contribution in [-0.4, -0.2) is 25.9 Å². The second kappa shape index (κ2) is 9.52. The summed E-state index contributed by atoms with van der Waals surface area (Å²) < 4.78 is 29.3. The van der Waals surface area contributed by atoms with Crippen LogP contribution in [0.1, 0.15) is 12.0 Å². The maximum absolute atomic E-state index is 12.4. The van der Waals surface area contributed by atoms with Crippen LogP contribution in [0.15, 0.2) is 82.6 Å². The van der Waals surface area contributed by atoms with Crippen LogP contribution in [0.3, 0.4) is 0 Å². The van der Waals surface area contributed by atoms with E-state index in [0.717, 1.165) is 25.4 Å². The van der Waals surface area contributed by atoms with E-state index >= 15 is 0 Å². The number of fused-ring (bicyclic) bond motifs is 2. The minimum atomic E-state index is -2.50. The highest BCUT2D eigenvalue weighted by Gasteiger charge is 2.31. The van der Waals surface area contributed by atoms with Gasteiger partial charge in [0.25, 0.3) is 17.2 Å². The maximum atomic E-state index is 12.4. The summed E-state index contributed by atoms with van der Waals surface area (Å²) in [6, 6.07) is 21.1. The van der Waals surface area contributed by atoms with Crippen LogP contribution >= 0.6 is 11.8 Å². The van der Waals surface area contributed by atoms with Gasteiger partial charge < -0.3 is 4.74 Å². The largest absolute Gasteiger partial charge is 0.455 e. The van der Waals surface area contributed by atoms with Crippen molar-refractivity contribution < 1.29 is 23.5 Å². The standard InChI is InChI=1S/C22H20N2O5S2/c25-22(23-26)17(12-10-15-6-2-1-3-7-15)24(31(27)28)16-11-13-19-21(14-16)30-20-9-5-4-8-18(20)29-19/h1-9,11,13-14,17,26H,10,12H2,(H,23,25)(H,27,28). The summed E-state index contributed by atoms with van der Waals surface area (Å²) in [5.41, 5.74) is 2.98. The molecule has 3 aromatic carbocycles. The summed E-state index contributed by atoms with van der Waals surface area (Å²) in [5.74, 6) is 0.615. The van der Waals surface area contributed by atoms with Gasteiger partial charge in [0.15, 0.2) is 0 Å². The predicted octanol–water partition coefficient (Wildman–Crippen LogP) is 4.39.